The summed E-state index contributed by atoms with van der Waals surface area (Å²) < 4.78 is 10.4. The predicted molar refractivity (Wildman–Crippen MR) is 83.1 cm³/mol. The minimum Gasteiger partial charge on any atom is -0.497 e. The second kappa shape index (κ2) is 6.86. The molecule has 24 heavy (non-hydrogen) atoms. The molecule has 1 N–H and O–H groups in total. The highest BCUT2D eigenvalue weighted by atomic mass is 16.5. The summed E-state index contributed by atoms with van der Waals surface area (Å²) in [4.78, 5) is 22.8. The van der Waals surface area contributed by atoms with Crippen LogP contribution in [0.3, 0.4) is 0 Å². The van der Waals surface area contributed by atoms with Gasteiger partial charge in [-0.2, -0.15) is 5.11 Å². The van der Waals surface area contributed by atoms with Gasteiger partial charge < -0.3 is 14.6 Å². The van der Waals surface area contributed by atoms with Crippen molar-refractivity contribution in [3.63, 3.8) is 0 Å². The normalized spacial score (nSPS) is 16.2. The second-order valence-electron chi connectivity index (χ2n) is 4.99. The van der Waals surface area contributed by atoms with Gasteiger partial charge in [0, 0.05) is 17.7 Å². The summed E-state index contributed by atoms with van der Waals surface area (Å²) in [5.41, 5.74) is 1.42. The zero-order chi connectivity index (χ0) is 16.9. The number of hydrogen-bond donors (Lipinski definition) is 1. The summed E-state index contributed by atoms with van der Waals surface area (Å²) in [7, 11) is 1.60. The molecule has 0 radical (unpaired) electrons. The highest BCUT2D eigenvalue weighted by molar-refractivity contribution is 5.92. The number of carbonyl (C=O) groups is 2. The van der Waals surface area contributed by atoms with Crippen molar-refractivity contribution in [2.45, 2.75) is 12.6 Å². The smallest absolute Gasteiger partial charge is 0.287 e. The highest BCUT2D eigenvalue weighted by Crippen LogP contribution is 2.23. The number of carbonyl (C=O) groups excluding carboxylic acids is 2. The molecule has 0 spiro atoms. The van der Waals surface area contributed by atoms with Crippen molar-refractivity contribution < 1.29 is 18.8 Å². The van der Waals surface area contributed by atoms with Gasteiger partial charge in [-0.25, -0.2) is 0 Å². The highest BCUT2D eigenvalue weighted by Gasteiger charge is 2.18. The first kappa shape index (κ1) is 15.6. The number of ether oxygens (including phenoxy) is 1. The van der Waals surface area contributed by atoms with Crippen LogP contribution >= 0.6 is 0 Å². The van der Waals surface area contributed by atoms with Gasteiger partial charge in [-0.1, -0.05) is 5.16 Å². The minimum atomic E-state index is -0.796. The van der Waals surface area contributed by atoms with E-state index >= 15 is 0 Å². The Bertz CT molecular complexity index is 792. The lowest BCUT2D eigenvalue weighted by atomic mass is 10.1. The van der Waals surface area contributed by atoms with Crippen LogP contribution in [0.1, 0.15) is 5.69 Å². The maximum Gasteiger partial charge on any atom is 0.287 e. The Balaban J connectivity index is 1.59. The molecule has 122 valence electrons. The standard InChI is InChI=1S/C16H14N4O4/c1-23-12-4-2-10(3-5-12)14-8-11(20-24-14)9-17-16(22)13-6-7-15(21)19-18-13/h2-8,13H,9H2,1H3,(H,17,22). The van der Waals surface area contributed by atoms with Crippen molar-refractivity contribution in [1.82, 2.24) is 10.5 Å². The van der Waals surface area contributed by atoms with Crippen LogP contribution in [0, 0.1) is 0 Å². The van der Waals surface area contributed by atoms with E-state index in [1.165, 1.54) is 12.2 Å². The molecule has 2 amide bonds. The molecule has 2 heterocycles. The molecular weight excluding hydrogens is 312 g/mol. The molecule has 8 heteroatoms. The number of benzene rings is 1. The molecule has 3 rings (SSSR count). The van der Waals surface area contributed by atoms with Gasteiger partial charge in [0.1, 0.15) is 11.4 Å². The number of azo groups is 1. The second-order valence-corrected chi connectivity index (χ2v) is 4.99. The number of amides is 2. The first-order chi connectivity index (χ1) is 11.7. The topological polar surface area (TPSA) is 106 Å². The molecule has 1 atom stereocenters. The summed E-state index contributed by atoms with van der Waals surface area (Å²) in [5, 5.41) is 13.5. The van der Waals surface area contributed by atoms with E-state index in [0.29, 0.717) is 11.5 Å². The lowest BCUT2D eigenvalue weighted by Crippen LogP contribution is -2.32. The molecule has 1 aliphatic rings. The first-order valence-corrected chi connectivity index (χ1v) is 7.16. The van der Waals surface area contributed by atoms with Crippen LogP contribution in [0.25, 0.3) is 11.3 Å². The van der Waals surface area contributed by atoms with E-state index in [0.717, 1.165) is 11.3 Å². The zero-order valence-electron chi connectivity index (χ0n) is 12.8. The number of nitrogens with zero attached hydrogens (tertiary/aromatic N) is 3. The number of methoxy groups -OCH3 is 1. The lowest BCUT2D eigenvalue weighted by Gasteiger charge is -2.08. The largest absolute Gasteiger partial charge is 0.497 e. The van der Waals surface area contributed by atoms with Crippen molar-refractivity contribution in [3.8, 4) is 17.1 Å². The quantitative estimate of drug-likeness (QED) is 0.903. The van der Waals surface area contributed by atoms with E-state index < -0.39 is 11.9 Å². The predicted octanol–water partition coefficient (Wildman–Crippen LogP) is 1.88. The van der Waals surface area contributed by atoms with Gasteiger partial charge in [0.25, 0.3) is 11.8 Å². The minimum absolute atomic E-state index is 0.187. The monoisotopic (exact) mass is 326 g/mol. The molecule has 0 saturated carbocycles. The van der Waals surface area contributed by atoms with Gasteiger partial charge in [-0.05, 0) is 30.3 Å². The van der Waals surface area contributed by atoms with Crippen molar-refractivity contribution in [1.29, 1.82) is 0 Å². The molecule has 1 unspecified atom stereocenters. The molecule has 2 aromatic rings. The summed E-state index contributed by atoms with van der Waals surface area (Å²) >= 11 is 0. The molecule has 8 nitrogen and oxygen atoms in total. The summed E-state index contributed by atoms with van der Waals surface area (Å²) in [6, 6.07) is 8.29. The molecule has 0 bridgehead atoms. The molecule has 0 fully saturated rings. The molecule has 1 aromatic carbocycles. The van der Waals surface area contributed by atoms with Crippen LogP contribution in [-0.2, 0) is 16.1 Å². The molecule has 1 aromatic heterocycles. The lowest BCUT2D eigenvalue weighted by molar-refractivity contribution is -0.121. The van der Waals surface area contributed by atoms with Crippen molar-refractivity contribution in [3.05, 3.63) is 48.2 Å². The first-order valence-electron chi connectivity index (χ1n) is 7.16. The van der Waals surface area contributed by atoms with E-state index in [9.17, 15) is 9.59 Å². The molecule has 1 aliphatic heterocycles. The van der Waals surface area contributed by atoms with Crippen LogP contribution in [0.2, 0.25) is 0 Å². The third kappa shape index (κ3) is 3.54. The Labute approximate surface area is 137 Å². The number of hydrogen-bond acceptors (Lipinski definition) is 6. The van der Waals surface area contributed by atoms with Gasteiger partial charge >= 0.3 is 0 Å². The molecule has 0 aliphatic carbocycles. The van der Waals surface area contributed by atoms with Crippen LogP contribution in [0.4, 0.5) is 0 Å². The van der Waals surface area contributed by atoms with Crippen LogP contribution < -0.4 is 10.1 Å². The van der Waals surface area contributed by atoms with E-state index in [1.54, 1.807) is 13.2 Å². The fourth-order valence-corrected chi connectivity index (χ4v) is 2.07. The van der Waals surface area contributed by atoms with E-state index in [4.69, 9.17) is 9.26 Å². The third-order valence-corrected chi connectivity index (χ3v) is 3.35. The van der Waals surface area contributed by atoms with Crippen LogP contribution in [-0.4, -0.2) is 30.1 Å². The maximum atomic E-state index is 11.9. The Hall–Kier alpha value is -3.29. The van der Waals surface area contributed by atoms with Crippen molar-refractivity contribution >= 4 is 11.8 Å². The Kier molecular flexibility index (Phi) is 4.46. The fraction of sp³-hybridized carbons (Fsp3) is 0.188. The average Bonchev–Trinajstić information content (AvgIpc) is 3.09. The number of aromatic nitrogens is 1. The number of rotatable bonds is 5. The summed E-state index contributed by atoms with van der Waals surface area (Å²) in [5.74, 6) is 0.500. The zero-order valence-corrected chi connectivity index (χ0v) is 12.8. The summed E-state index contributed by atoms with van der Waals surface area (Å²) in [6.45, 7) is 0.187. The van der Waals surface area contributed by atoms with Crippen molar-refractivity contribution in [2.75, 3.05) is 7.11 Å². The van der Waals surface area contributed by atoms with Gasteiger partial charge in [0.15, 0.2) is 11.8 Å². The van der Waals surface area contributed by atoms with Gasteiger partial charge in [-0.15, -0.1) is 5.11 Å². The van der Waals surface area contributed by atoms with Crippen LogP contribution in [0.15, 0.2) is 57.2 Å². The summed E-state index contributed by atoms with van der Waals surface area (Å²) in [6.07, 6.45) is 2.62. The SMILES string of the molecule is COc1ccc(-c2cc(CNC(=O)C3C=CC(=O)N=N3)no2)cc1. The van der Waals surface area contributed by atoms with E-state index in [1.807, 2.05) is 24.3 Å². The van der Waals surface area contributed by atoms with Gasteiger partial charge in [0.2, 0.25) is 0 Å². The maximum absolute atomic E-state index is 11.9. The molecule has 0 saturated heterocycles. The number of nitrogens with one attached hydrogen (secondary N) is 1. The van der Waals surface area contributed by atoms with E-state index in [2.05, 4.69) is 20.7 Å². The van der Waals surface area contributed by atoms with Crippen molar-refractivity contribution in [2.24, 2.45) is 10.2 Å². The Morgan fingerprint density at radius 1 is 1.33 bits per heavy atom. The fourth-order valence-electron chi connectivity index (χ4n) is 2.07. The average molecular weight is 326 g/mol. The Morgan fingerprint density at radius 3 is 2.79 bits per heavy atom. The van der Waals surface area contributed by atoms with Crippen LogP contribution in [0.5, 0.6) is 5.75 Å². The van der Waals surface area contributed by atoms with Gasteiger partial charge in [0.05, 0.1) is 13.7 Å². The van der Waals surface area contributed by atoms with E-state index in [-0.39, 0.29) is 12.5 Å². The van der Waals surface area contributed by atoms with Gasteiger partial charge in [-0.3, -0.25) is 9.59 Å². The Morgan fingerprint density at radius 2 is 2.12 bits per heavy atom. The third-order valence-electron chi connectivity index (χ3n) is 3.35. The molecular formula is C16H14N4O4.